The zero-order chi connectivity index (χ0) is 15.0. The summed E-state index contributed by atoms with van der Waals surface area (Å²) < 4.78 is 35.3. The van der Waals surface area contributed by atoms with E-state index in [2.05, 4.69) is 30.7 Å². The minimum atomic E-state index is -3.63. The summed E-state index contributed by atoms with van der Waals surface area (Å²) in [6.45, 7) is 0. The molecule has 1 N–H and O–H groups in total. The quantitative estimate of drug-likeness (QED) is 0.870. The van der Waals surface area contributed by atoms with Gasteiger partial charge in [-0.1, -0.05) is 0 Å². The van der Waals surface area contributed by atoms with Crippen LogP contribution in [0.2, 0.25) is 0 Å². The third-order valence-corrected chi connectivity index (χ3v) is 3.43. The summed E-state index contributed by atoms with van der Waals surface area (Å²) in [5.74, 6) is -0.0424. The van der Waals surface area contributed by atoms with Crippen LogP contribution in [0.3, 0.4) is 0 Å². The van der Waals surface area contributed by atoms with Gasteiger partial charge >= 0.3 is 6.29 Å². The lowest BCUT2D eigenvalue weighted by Crippen LogP contribution is -2.25. The van der Waals surface area contributed by atoms with Crippen LogP contribution >= 0.6 is 15.9 Å². The molecule has 2 aromatic rings. The van der Waals surface area contributed by atoms with Crippen molar-refractivity contribution < 1.29 is 18.3 Å². The molecule has 0 unspecified atom stereocenters. The predicted octanol–water partition coefficient (Wildman–Crippen LogP) is 4.39. The van der Waals surface area contributed by atoms with E-state index < -0.39 is 6.29 Å². The molecule has 0 aliphatic carbocycles. The van der Waals surface area contributed by atoms with Gasteiger partial charge < -0.3 is 14.8 Å². The Morgan fingerprint density at radius 3 is 2.57 bits per heavy atom. The number of fused-ring (bicyclic) bond motifs is 1. The average molecular weight is 353 g/mol. The summed E-state index contributed by atoms with van der Waals surface area (Å²) in [5, 5.41) is 11.8. The number of alkyl halides is 2. The normalized spacial score (nSPS) is 14.6. The van der Waals surface area contributed by atoms with Crippen LogP contribution in [0.5, 0.6) is 11.5 Å². The van der Waals surface area contributed by atoms with E-state index in [0.717, 1.165) is 0 Å². The lowest BCUT2D eigenvalue weighted by Gasteiger charge is -2.09. The van der Waals surface area contributed by atoms with Crippen molar-refractivity contribution in [2.75, 3.05) is 5.32 Å². The van der Waals surface area contributed by atoms with Gasteiger partial charge in [0.2, 0.25) is 0 Å². The third-order valence-electron chi connectivity index (χ3n) is 2.78. The monoisotopic (exact) mass is 352 g/mol. The number of benzene rings is 2. The molecular formula is C14H7BrF2N2O2. The molecule has 0 spiro atoms. The van der Waals surface area contributed by atoms with Crippen LogP contribution in [0.4, 0.5) is 20.2 Å². The molecule has 3 rings (SSSR count). The highest BCUT2D eigenvalue weighted by molar-refractivity contribution is 9.10. The molecular weight excluding hydrogens is 346 g/mol. The minimum Gasteiger partial charge on any atom is -0.395 e. The first kappa shape index (κ1) is 13.6. The summed E-state index contributed by atoms with van der Waals surface area (Å²) in [4.78, 5) is 0. The van der Waals surface area contributed by atoms with Gasteiger partial charge in [-0.3, -0.25) is 0 Å². The molecule has 0 radical (unpaired) electrons. The standard InChI is InChI=1S/C14H7BrF2N2O2/c15-10-5-8(7-18)1-3-11(10)19-9-2-4-12-13(6-9)21-14(16,17)20-12/h1-6,19H. The van der Waals surface area contributed by atoms with E-state index in [4.69, 9.17) is 5.26 Å². The molecule has 0 saturated carbocycles. The van der Waals surface area contributed by atoms with Crippen molar-refractivity contribution in [2.24, 2.45) is 0 Å². The van der Waals surface area contributed by atoms with Gasteiger partial charge in [0.15, 0.2) is 11.5 Å². The molecule has 106 valence electrons. The Kier molecular flexibility index (Phi) is 3.18. The fourth-order valence-electron chi connectivity index (χ4n) is 1.87. The number of hydrogen-bond acceptors (Lipinski definition) is 4. The zero-order valence-corrected chi connectivity index (χ0v) is 11.9. The van der Waals surface area contributed by atoms with Gasteiger partial charge in [0, 0.05) is 16.2 Å². The Morgan fingerprint density at radius 2 is 1.86 bits per heavy atom. The molecule has 0 atom stereocenters. The molecule has 7 heteroatoms. The van der Waals surface area contributed by atoms with E-state index in [9.17, 15) is 8.78 Å². The highest BCUT2D eigenvalue weighted by Crippen LogP contribution is 2.42. The molecule has 1 heterocycles. The fourth-order valence-corrected chi connectivity index (χ4v) is 2.35. The number of hydrogen-bond donors (Lipinski definition) is 1. The van der Waals surface area contributed by atoms with Gasteiger partial charge in [-0.05, 0) is 46.3 Å². The largest absolute Gasteiger partial charge is 0.586 e. The van der Waals surface area contributed by atoms with E-state index in [0.29, 0.717) is 21.4 Å². The van der Waals surface area contributed by atoms with Gasteiger partial charge in [0.25, 0.3) is 0 Å². The van der Waals surface area contributed by atoms with E-state index >= 15 is 0 Å². The van der Waals surface area contributed by atoms with Crippen molar-refractivity contribution in [2.45, 2.75) is 6.29 Å². The van der Waals surface area contributed by atoms with Crippen molar-refractivity contribution in [1.82, 2.24) is 0 Å². The maximum Gasteiger partial charge on any atom is 0.586 e. The number of anilines is 2. The van der Waals surface area contributed by atoms with E-state index in [1.54, 1.807) is 24.3 Å². The minimum absolute atomic E-state index is 0.00977. The van der Waals surface area contributed by atoms with Gasteiger partial charge in [0.05, 0.1) is 17.3 Å². The van der Waals surface area contributed by atoms with Crippen molar-refractivity contribution in [1.29, 1.82) is 5.26 Å². The molecule has 4 nitrogen and oxygen atoms in total. The maximum absolute atomic E-state index is 12.9. The maximum atomic E-state index is 12.9. The summed E-state index contributed by atoms with van der Waals surface area (Å²) >= 11 is 3.34. The fraction of sp³-hybridized carbons (Fsp3) is 0.0714. The highest BCUT2D eigenvalue weighted by atomic mass is 79.9. The smallest absolute Gasteiger partial charge is 0.395 e. The van der Waals surface area contributed by atoms with Crippen LogP contribution in [0.15, 0.2) is 40.9 Å². The van der Waals surface area contributed by atoms with E-state index in [1.807, 2.05) is 6.07 Å². The molecule has 0 amide bonds. The number of nitrogens with zero attached hydrogens (tertiary/aromatic N) is 1. The van der Waals surface area contributed by atoms with Crippen LogP contribution in [-0.4, -0.2) is 6.29 Å². The van der Waals surface area contributed by atoms with Crippen LogP contribution in [0.25, 0.3) is 0 Å². The average Bonchev–Trinajstić information content (AvgIpc) is 2.74. The summed E-state index contributed by atoms with van der Waals surface area (Å²) in [6, 6.07) is 11.4. The molecule has 0 saturated heterocycles. The van der Waals surface area contributed by atoms with Crippen molar-refractivity contribution >= 4 is 27.3 Å². The number of nitrogens with one attached hydrogen (secondary N) is 1. The van der Waals surface area contributed by atoms with Gasteiger partial charge in [-0.2, -0.15) is 5.26 Å². The second-order valence-corrected chi connectivity index (χ2v) is 5.11. The number of nitriles is 1. The van der Waals surface area contributed by atoms with Gasteiger partial charge in [0.1, 0.15) is 0 Å². The molecule has 2 aromatic carbocycles. The van der Waals surface area contributed by atoms with Crippen LogP contribution < -0.4 is 14.8 Å². The molecule has 21 heavy (non-hydrogen) atoms. The molecule has 0 bridgehead atoms. The summed E-state index contributed by atoms with van der Waals surface area (Å²) in [5.41, 5.74) is 1.76. The third kappa shape index (κ3) is 2.76. The lowest BCUT2D eigenvalue weighted by atomic mass is 10.2. The van der Waals surface area contributed by atoms with Crippen molar-refractivity contribution in [3.05, 3.63) is 46.4 Å². The van der Waals surface area contributed by atoms with Gasteiger partial charge in [-0.15, -0.1) is 8.78 Å². The topological polar surface area (TPSA) is 54.3 Å². The molecule has 0 aromatic heterocycles. The first-order valence-electron chi connectivity index (χ1n) is 5.83. The van der Waals surface area contributed by atoms with Crippen LogP contribution in [-0.2, 0) is 0 Å². The van der Waals surface area contributed by atoms with E-state index in [1.165, 1.54) is 12.1 Å². The Bertz CT molecular complexity index is 759. The number of ether oxygens (including phenoxy) is 2. The SMILES string of the molecule is N#Cc1ccc(Nc2ccc3c(c2)OC(F)(F)O3)c(Br)c1. The lowest BCUT2D eigenvalue weighted by molar-refractivity contribution is -0.286. The first-order valence-corrected chi connectivity index (χ1v) is 6.63. The Hall–Kier alpha value is -2.33. The Morgan fingerprint density at radius 1 is 1.10 bits per heavy atom. The molecule has 1 aliphatic heterocycles. The molecule has 0 fully saturated rings. The van der Waals surface area contributed by atoms with Crippen molar-refractivity contribution in [3.63, 3.8) is 0 Å². The molecule has 1 aliphatic rings. The highest BCUT2D eigenvalue weighted by Gasteiger charge is 2.43. The second kappa shape index (κ2) is 4.90. The Balaban J connectivity index is 1.86. The van der Waals surface area contributed by atoms with Crippen LogP contribution in [0.1, 0.15) is 5.56 Å². The van der Waals surface area contributed by atoms with Crippen molar-refractivity contribution in [3.8, 4) is 17.6 Å². The van der Waals surface area contributed by atoms with Crippen LogP contribution in [0, 0.1) is 11.3 Å². The summed E-state index contributed by atoms with van der Waals surface area (Å²) in [7, 11) is 0. The Labute approximate surface area is 127 Å². The first-order chi connectivity index (χ1) is 9.97. The number of halogens is 3. The van der Waals surface area contributed by atoms with E-state index in [-0.39, 0.29) is 11.5 Å². The van der Waals surface area contributed by atoms with Gasteiger partial charge in [-0.25, -0.2) is 0 Å². The summed E-state index contributed by atoms with van der Waals surface area (Å²) in [6.07, 6.45) is -3.63. The second-order valence-electron chi connectivity index (χ2n) is 4.26. The predicted molar refractivity (Wildman–Crippen MR) is 74.8 cm³/mol. The number of rotatable bonds is 2. The zero-order valence-electron chi connectivity index (χ0n) is 10.4.